The van der Waals surface area contributed by atoms with Crippen molar-refractivity contribution in [3.05, 3.63) is 12.3 Å². The predicted octanol–water partition coefficient (Wildman–Crippen LogP) is 0.431. The fourth-order valence-corrected chi connectivity index (χ4v) is 1.93. The van der Waals surface area contributed by atoms with Gasteiger partial charge in [-0.3, -0.25) is 15.0 Å². The second kappa shape index (κ2) is 6.36. The molecule has 0 bridgehead atoms. The molecule has 1 fully saturated rings. The van der Waals surface area contributed by atoms with Crippen LogP contribution in [0.2, 0.25) is 0 Å². The van der Waals surface area contributed by atoms with Crippen LogP contribution in [0.3, 0.4) is 0 Å². The summed E-state index contributed by atoms with van der Waals surface area (Å²) >= 11 is 0. The van der Waals surface area contributed by atoms with E-state index in [0.29, 0.717) is 12.8 Å². The summed E-state index contributed by atoms with van der Waals surface area (Å²) in [6, 6.07) is -0.534. The number of aliphatic hydroxyl groups is 1. The summed E-state index contributed by atoms with van der Waals surface area (Å²) in [5.74, 6) is 0.0979. The minimum atomic E-state index is -0.534. The van der Waals surface area contributed by atoms with Crippen molar-refractivity contribution < 1.29 is 19.4 Å². The number of allylic oxidation sites excluding steroid dienone is 1. The van der Waals surface area contributed by atoms with Gasteiger partial charge in [-0.05, 0) is 13.3 Å². The summed E-state index contributed by atoms with van der Waals surface area (Å²) < 4.78 is 5.55. The van der Waals surface area contributed by atoms with E-state index in [4.69, 9.17) is 9.84 Å². The number of amides is 3. The summed E-state index contributed by atoms with van der Waals surface area (Å²) in [6.45, 7) is 3.63. The number of carbonyl (C=O) groups is 2. The van der Waals surface area contributed by atoms with Crippen LogP contribution < -0.4 is 5.32 Å². The van der Waals surface area contributed by atoms with E-state index in [2.05, 4.69) is 5.32 Å². The van der Waals surface area contributed by atoms with Crippen molar-refractivity contribution in [3.8, 4) is 0 Å². The molecule has 0 aromatic carbocycles. The Morgan fingerprint density at radius 2 is 2.35 bits per heavy atom. The van der Waals surface area contributed by atoms with Gasteiger partial charge in [-0.25, -0.2) is 4.79 Å². The highest BCUT2D eigenvalue weighted by Gasteiger charge is 2.37. The lowest BCUT2D eigenvalue weighted by molar-refractivity contribution is -0.109. The van der Waals surface area contributed by atoms with E-state index in [0.717, 1.165) is 0 Å². The molecular formula is C11H18N2O4. The number of nitrogens with one attached hydrogen (secondary N) is 1. The summed E-state index contributed by atoms with van der Waals surface area (Å²) in [7, 11) is 0. The lowest BCUT2D eigenvalue weighted by Crippen LogP contribution is -2.44. The van der Waals surface area contributed by atoms with Gasteiger partial charge in [-0.15, -0.1) is 0 Å². The van der Waals surface area contributed by atoms with Crippen LogP contribution in [0.25, 0.3) is 0 Å². The van der Waals surface area contributed by atoms with Crippen LogP contribution >= 0.6 is 0 Å². The van der Waals surface area contributed by atoms with Gasteiger partial charge >= 0.3 is 6.03 Å². The van der Waals surface area contributed by atoms with Crippen molar-refractivity contribution in [1.82, 2.24) is 10.2 Å². The minimum Gasteiger partial charge on any atom is -0.394 e. The maximum Gasteiger partial charge on any atom is 0.329 e. The number of imide groups is 1. The first kappa shape index (κ1) is 13.7. The normalized spacial score (nSPS) is 28.3. The van der Waals surface area contributed by atoms with E-state index in [-0.39, 0.29) is 18.6 Å². The SMILES string of the molecule is C/C=C\N(C(=O)NC=O)C1OC(CO)CC1C. The quantitative estimate of drug-likeness (QED) is 0.701. The van der Waals surface area contributed by atoms with Gasteiger partial charge < -0.3 is 9.84 Å². The summed E-state index contributed by atoms with van der Waals surface area (Å²) in [6.07, 6.45) is 3.55. The van der Waals surface area contributed by atoms with E-state index in [1.807, 2.05) is 6.92 Å². The molecule has 0 radical (unpaired) electrons. The first-order valence-corrected chi connectivity index (χ1v) is 5.55. The second-order valence-corrected chi connectivity index (χ2v) is 4.00. The van der Waals surface area contributed by atoms with Crippen LogP contribution in [-0.4, -0.2) is 41.4 Å². The molecule has 1 aliphatic heterocycles. The Morgan fingerprint density at radius 3 is 2.82 bits per heavy atom. The Kier molecular flexibility index (Phi) is 5.11. The number of hydrogen-bond acceptors (Lipinski definition) is 4. The third-order valence-corrected chi connectivity index (χ3v) is 2.66. The number of urea groups is 1. The van der Waals surface area contributed by atoms with Crippen molar-refractivity contribution in [2.24, 2.45) is 5.92 Å². The number of nitrogens with zero attached hydrogens (tertiary/aromatic N) is 1. The standard InChI is InChI=1S/C11H18N2O4/c1-3-4-13(11(16)12-7-15)10-8(2)5-9(6-14)17-10/h3-4,7-10,14H,5-6H2,1-2H3,(H,12,15,16)/b4-3-. The third kappa shape index (κ3) is 3.28. The van der Waals surface area contributed by atoms with E-state index >= 15 is 0 Å². The topological polar surface area (TPSA) is 78.9 Å². The number of hydrogen-bond donors (Lipinski definition) is 2. The first-order chi connectivity index (χ1) is 8.13. The fourth-order valence-electron chi connectivity index (χ4n) is 1.93. The van der Waals surface area contributed by atoms with Gasteiger partial charge in [0.2, 0.25) is 6.41 Å². The minimum absolute atomic E-state index is 0.0696. The molecule has 1 heterocycles. The van der Waals surface area contributed by atoms with Crippen LogP contribution in [0.5, 0.6) is 0 Å². The van der Waals surface area contributed by atoms with Crippen molar-refractivity contribution in [2.75, 3.05) is 6.61 Å². The molecule has 6 nitrogen and oxygen atoms in total. The van der Waals surface area contributed by atoms with Crippen LogP contribution in [0.4, 0.5) is 4.79 Å². The molecule has 0 saturated carbocycles. The molecule has 1 saturated heterocycles. The number of rotatable bonds is 4. The average molecular weight is 242 g/mol. The molecule has 0 aromatic heterocycles. The van der Waals surface area contributed by atoms with Gasteiger partial charge in [0.05, 0.1) is 12.7 Å². The number of carbonyl (C=O) groups excluding carboxylic acids is 2. The maximum absolute atomic E-state index is 11.7. The number of ether oxygens (including phenoxy) is 1. The molecule has 0 aromatic rings. The zero-order chi connectivity index (χ0) is 12.8. The molecular weight excluding hydrogens is 224 g/mol. The van der Waals surface area contributed by atoms with Crippen LogP contribution in [0.1, 0.15) is 20.3 Å². The van der Waals surface area contributed by atoms with Crippen LogP contribution in [-0.2, 0) is 9.53 Å². The lowest BCUT2D eigenvalue weighted by atomic mass is 10.1. The average Bonchev–Trinajstić information content (AvgIpc) is 2.67. The van der Waals surface area contributed by atoms with Crippen molar-refractivity contribution in [1.29, 1.82) is 0 Å². The van der Waals surface area contributed by atoms with E-state index < -0.39 is 12.3 Å². The zero-order valence-electron chi connectivity index (χ0n) is 10.00. The second-order valence-electron chi connectivity index (χ2n) is 4.00. The van der Waals surface area contributed by atoms with Gasteiger partial charge in [-0.1, -0.05) is 13.0 Å². The Labute approximate surface area is 100 Å². The fraction of sp³-hybridized carbons (Fsp3) is 0.636. The van der Waals surface area contributed by atoms with Gasteiger partial charge in [-0.2, -0.15) is 0 Å². The Morgan fingerprint density at radius 1 is 1.65 bits per heavy atom. The lowest BCUT2D eigenvalue weighted by Gasteiger charge is -2.27. The van der Waals surface area contributed by atoms with Crippen molar-refractivity contribution in [2.45, 2.75) is 32.6 Å². The molecule has 96 valence electrons. The van der Waals surface area contributed by atoms with Crippen LogP contribution in [0.15, 0.2) is 12.3 Å². The Balaban J connectivity index is 2.77. The van der Waals surface area contributed by atoms with Crippen LogP contribution in [0, 0.1) is 5.92 Å². The van der Waals surface area contributed by atoms with Gasteiger partial charge in [0.25, 0.3) is 0 Å². The Hall–Kier alpha value is -1.40. The van der Waals surface area contributed by atoms with Gasteiger partial charge in [0.1, 0.15) is 6.23 Å². The number of aliphatic hydroxyl groups excluding tert-OH is 1. The highest BCUT2D eigenvalue weighted by Crippen LogP contribution is 2.28. The molecule has 17 heavy (non-hydrogen) atoms. The van der Waals surface area contributed by atoms with E-state index in [1.165, 1.54) is 4.90 Å². The summed E-state index contributed by atoms with van der Waals surface area (Å²) in [4.78, 5) is 23.3. The van der Waals surface area contributed by atoms with E-state index in [9.17, 15) is 9.59 Å². The molecule has 2 N–H and O–H groups in total. The molecule has 1 rings (SSSR count). The molecule has 3 atom stereocenters. The molecule has 6 heteroatoms. The predicted molar refractivity (Wildman–Crippen MR) is 60.8 cm³/mol. The molecule has 1 aliphatic rings. The monoisotopic (exact) mass is 242 g/mol. The maximum atomic E-state index is 11.7. The molecule has 0 aliphatic carbocycles. The largest absolute Gasteiger partial charge is 0.394 e. The van der Waals surface area contributed by atoms with Gasteiger partial charge in [0, 0.05) is 12.1 Å². The first-order valence-electron chi connectivity index (χ1n) is 5.55. The zero-order valence-corrected chi connectivity index (χ0v) is 10.00. The molecule has 3 amide bonds. The van der Waals surface area contributed by atoms with Gasteiger partial charge in [0.15, 0.2) is 0 Å². The van der Waals surface area contributed by atoms with Crippen molar-refractivity contribution >= 4 is 12.4 Å². The smallest absolute Gasteiger partial charge is 0.329 e. The Bertz CT molecular complexity index is 306. The van der Waals surface area contributed by atoms with Crippen molar-refractivity contribution in [3.63, 3.8) is 0 Å². The highest BCUT2D eigenvalue weighted by atomic mass is 16.5. The van der Waals surface area contributed by atoms with E-state index in [1.54, 1.807) is 19.2 Å². The summed E-state index contributed by atoms with van der Waals surface area (Å²) in [5, 5.41) is 11.1. The molecule has 0 spiro atoms. The highest BCUT2D eigenvalue weighted by molar-refractivity contribution is 5.85. The molecule has 3 unspecified atom stereocenters. The third-order valence-electron chi connectivity index (χ3n) is 2.66. The summed E-state index contributed by atoms with van der Waals surface area (Å²) in [5.41, 5.74) is 0.